The maximum absolute atomic E-state index is 17.2. The van der Waals surface area contributed by atoms with E-state index in [-0.39, 0.29) is 31.5 Å². The average molecular weight is 412 g/mol. The molecule has 1 aliphatic heterocycles. The summed E-state index contributed by atoms with van der Waals surface area (Å²) >= 11 is 0. The topological polar surface area (TPSA) is 128 Å². The third-order valence-electron chi connectivity index (χ3n) is 9.80. The third-order valence-corrected chi connectivity index (χ3v) is 9.80. The van der Waals surface area contributed by atoms with E-state index in [4.69, 9.17) is 4.74 Å². The van der Waals surface area contributed by atoms with Crippen LogP contribution in [0.3, 0.4) is 0 Å². The summed E-state index contributed by atoms with van der Waals surface area (Å²) in [4.78, 5) is 24.6. The highest BCUT2D eigenvalue weighted by atomic mass is 19.1. The number of hydrogen-bond donors (Lipinski definition) is 4. The van der Waals surface area contributed by atoms with Gasteiger partial charge in [-0.05, 0) is 38.0 Å². The number of alkyl halides is 1. The molecule has 1 saturated heterocycles. The maximum Gasteiger partial charge on any atom is 0.199 e. The van der Waals surface area contributed by atoms with E-state index in [1.807, 2.05) is 0 Å². The highest BCUT2D eigenvalue weighted by Crippen LogP contribution is 2.77. The van der Waals surface area contributed by atoms with Gasteiger partial charge in [0.15, 0.2) is 23.0 Å². The largest absolute Gasteiger partial charge is 0.388 e. The molecule has 2 unspecified atom stereocenters. The Labute approximate surface area is 168 Å². The zero-order chi connectivity index (χ0) is 21.3. The molecule has 5 rings (SSSR count). The molecule has 8 heteroatoms. The van der Waals surface area contributed by atoms with Gasteiger partial charge in [-0.15, -0.1) is 0 Å². The molecule has 4 saturated carbocycles. The second kappa shape index (κ2) is 5.27. The minimum Gasteiger partial charge on any atom is -0.388 e. The Bertz CT molecular complexity index is 815. The van der Waals surface area contributed by atoms with E-state index >= 15 is 4.39 Å². The van der Waals surface area contributed by atoms with E-state index in [1.165, 1.54) is 0 Å². The number of aliphatic hydroxyl groups excluding tert-OH is 1. The lowest BCUT2D eigenvalue weighted by atomic mass is 9.41. The number of Topliss-reactive ketones (excluding diaryl/α,β-unsaturated/α-hetero) is 2. The molecule has 4 aliphatic carbocycles. The van der Waals surface area contributed by atoms with E-state index in [0.717, 1.165) is 0 Å². The Kier molecular flexibility index (Phi) is 3.64. The fourth-order valence-corrected chi connectivity index (χ4v) is 8.22. The Hall–Kier alpha value is -0.930. The molecule has 0 aromatic heterocycles. The first-order valence-electron chi connectivity index (χ1n) is 10.6. The van der Waals surface area contributed by atoms with Crippen LogP contribution in [0.15, 0.2) is 0 Å². The average Bonchev–Trinajstić information content (AvgIpc) is 3.34. The van der Waals surface area contributed by atoms with Gasteiger partial charge in [0.05, 0.1) is 0 Å². The standard InChI is InChI=1S/C21H29FO7/c1-16-10-20(27,28)21(22)12(11(16)3-7-18(16,26)14(25)9-23)4-8-19-15(29-19)13(24)5-6-17(19,21)2/h11-12,15,23,26-28H,3-10H2,1-2H3/t11-,12-,15?,16-,17-,18-,19-,21?/m0/s1. The molecular weight excluding hydrogens is 383 g/mol. The van der Waals surface area contributed by atoms with Crippen molar-refractivity contribution in [1.82, 2.24) is 0 Å². The van der Waals surface area contributed by atoms with Gasteiger partial charge in [0.2, 0.25) is 0 Å². The normalized spacial score (nSPS) is 57.3. The van der Waals surface area contributed by atoms with Crippen molar-refractivity contribution >= 4 is 11.6 Å². The summed E-state index contributed by atoms with van der Waals surface area (Å²) < 4.78 is 22.9. The highest BCUT2D eigenvalue weighted by Gasteiger charge is 2.87. The van der Waals surface area contributed by atoms with Crippen LogP contribution in [0.5, 0.6) is 0 Å². The van der Waals surface area contributed by atoms with Crippen LogP contribution in [0.25, 0.3) is 0 Å². The zero-order valence-corrected chi connectivity index (χ0v) is 16.8. The van der Waals surface area contributed by atoms with Crippen LogP contribution in [-0.4, -0.2) is 67.4 Å². The lowest BCUT2D eigenvalue weighted by Gasteiger charge is -2.66. The Morgan fingerprint density at radius 2 is 1.79 bits per heavy atom. The molecule has 0 bridgehead atoms. The first kappa shape index (κ1) is 20.0. The number of halogens is 1. The van der Waals surface area contributed by atoms with Crippen molar-refractivity contribution in [3.05, 3.63) is 0 Å². The maximum atomic E-state index is 17.2. The molecule has 7 nitrogen and oxygen atoms in total. The molecule has 5 aliphatic rings. The summed E-state index contributed by atoms with van der Waals surface area (Å²) in [5.41, 5.74) is -7.90. The van der Waals surface area contributed by atoms with Crippen molar-refractivity contribution in [1.29, 1.82) is 0 Å². The fourth-order valence-electron chi connectivity index (χ4n) is 8.22. The smallest absolute Gasteiger partial charge is 0.199 e. The number of aliphatic hydroxyl groups is 4. The number of epoxide rings is 1. The van der Waals surface area contributed by atoms with E-state index in [0.29, 0.717) is 12.8 Å². The minimum atomic E-state index is -2.81. The summed E-state index contributed by atoms with van der Waals surface area (Å²) in [5, 5.41) is 42.9. The quantitative estimate of drug-likeness (QED) is 0.382. The molecule has 0 radical (unpaired) electrons. The molecule has 8 atom stereocenters. The number of ketones is 2. The Morgan fingerprint density at radius 3 is 2.45 bits per heavy atom. The Morgan fingerprint density at radius 1 is 1.14 bits per heavy atom. The lowest BCUT2D eigenvalue weighted by molar-refractivity contribution is -0.368. The monoisotopic (exact) mass is 412 g/mol. The summed E-state index contributed by atoms with van der Waals surface area (Å²) in [7, 11) is 0. The molecule has 0 aromatic rings. The van der Waals surface area contributed by atoms with E-state index in [1.54, 1.807) is 13.8 Å². The van der Waals surface area contributed by atoms with Gasteiger partial charge in [-0.25, -0.2) is 4.39 Å². The van der Waals surface area contributed by atoms with Crippen molar-refractivity contribution in [3.63, 3.8) is 0 Å². The molecular formula is C21H29FO7. The number of ether oxygens (including phenoxy) is 1. The summed E-state index contributed by atoms with van der Waals surface area (Å²) in [6.45, 7) is 2.41. The predicted octanol–water partition coefficient (Wildman–Crippen LogP) is 0.405. The van der Waals surface area contributed by atoms with Gasteiger partial charge >= 0.3 is 0 Å². The second-order valence-electron chi connectivity index (χ2n) is 10.5. The van der Waals surface area contributed by atoms with Crippen LogP contribution < -0.4 is 0 Å². The molecule has 1 heterocycles. The Balaban J connectivity index is 1.63. The first-order valence-corrected chi connectivity index (χ1v) is 10.6. The number of hydrogen-bond acceptors (Lipinski definition) is 7. The third kappa shape index (κ3) is 1.84. The number of fused-ring (bicyclic) bond motifs is 4. The van der Waals surface area contributed by atoms with Gasteiger partial charge in [0.1, 0.15) is 23.9 Å². The number of rotatable bonds is 2. The summed E-state index contributed by atoms with van der Waals surface area (Å²) in [6.07, 6.45) is 0.217. The van der Waals surface area contributed by atoms with Crippen LogP contribution in [0.2, 0.25) is 0 Å². The molecule has 1 spiro atoms. The molecule has 5 fully saturated rings. The summed E-state index contributed by atoms with van der Waals surface area (Å²) in [6, 6.07) is 0. The van der Waals surface area contributed by atoms with Crippen molar-refractivity contribution in [2.24, 2.45) is 22.7 Å². The van der Waals surface area contributed by atoms with Crippen LogP contribution in [-0.2, 0) is 14.3 Å². The van der Waals surface area contributed by atoms with Crippen LogP contribution in [0.1, 0.15) is 58.8 Å². The predicted molar refractivity (Wildman–Crippen MR) is 96.2 cm³/mol. The molecule has 0 aromatic carbocycles. The first-order chi connectivity index (χ1) is 13.3. The molecule has 4 N–H and O–H groups in total. The van der Waals surface area contributed by atoms with Gasteiger partial charge in [0, 0.05) is 29.6 Å². The summed E-state index contributed by atoms with van der Waals surface area (Å²) in [5.74, 6) is -4.89. The van der Waals surface area contributed by atoms with Gasteiger partial charge in [-0.3, -0.25) is 9.59 Å². The van der Waals surface area contributed by atoms with Crippen LogP contribution in [0, 0.1) is 22.7 Å². The second-order valence-corrected chi connectivity index (χ2v) is 10.5. The fraction of sp³-hybridized carbons (Fsp3) is 0.905. The van der Waals surface area contributed by atoms with Crippen LogP contribution in [0.4, 0.5) is 4.39 Å². The highest BCUT2D eigenvalue weighted by molar-refractivity contribution is 5.90. The van der Waals surface area contributed by atoms with Crippen molar-refractivity contribution in [2.75, 3.05) is 6.61 Å². The van der Waals surface area contributed by atoms with E-state index in [2.05, 4.69) is 0 Å². The van der Waals surface area contributed by atoms with Gasteiger partial charge in [0.25, 0.3) is 0 Å². The van der Waals surface area contributed by atoms with E-state index < -0.39 is 70.2 Å². The lowest BCUT2D eigenvalue weighted by Crippen LogP contribution is -2.78. The SMILES string of the molecule is C[C@]12CC(O)(O)C3(F)[C@@H](CC[C@]45OC4C(=O)CC[C@]35C)[C@@H]1CC[C@]2(O)C(=O)CO. The van der Waals surface area contributed by atoms with E-state index in [9.17, 15) is 30.0 Å². The van der Waals surface area contributed by atoms with Crippen molar-refractivity contribution < 1.29 is 39.1 Å². The van der Waals surface area contributed by atoms with Gasteiger partial charge in [-0.1, -0.05) is 13.8 Å². The van der Waals surface area contributed by atoms with Gasteiger partial charge < -0.3 is 25.2 Å². The number of carbonyl (C=O) groups excluding carboxylic acids is 2. The molecule has 29 heavy (non-hydrogen) atoms. The molecule has 162 valence electrons. The van der Waals surface area contributed by atoms with Gasteiger partial charge in [-0.2, -0.15) is 0 Å². The van der Waals surface area contributed by atoms with Crippen LogP contribution >= 0.6 is 0 Å². The van der Waals surface area contributed by atoms with Crippen molar-refractivity contribution in [2.45, 2.75) is 87.6 Å². The minimum absolute atomic E-state index is 0.0513. The van der Waals surface area contributed by atoms with Crippen molar-refractivity contribution in [3.8, 4) is 0 Å². The number of carbonyl (C=O) groups is 2. The molecule has 0 amide bonds. The zero-order valence-electron chi connectivity index (χ0n) is 16.8.